The van der Waals surface area contributed by atoms with Gasteiger partial charge in [0.25, 0.3) is 5.91 Å². The van der Waals surface area contributed by atoms with Crippen molar-refractivity contribution in [2.75, 3.05) is 19.5 Å². The molecule has 2 aromatic rings. The third-order valence-corrected chi connectivity index (χ3v) is 3.43. The highest BCUT2D eigenvalue weighted by atomic mass is 35.5. The fourth-order valence-electron chi connectivity index (χ4n) is 1.85. The molecule has 0 aliphatic rings. The molecule has 0 saturated carbocycles. The van der Waals surface area contributed by atoms with E-state index in [1.807, 2.05) is 0 Å². The van der Waals surface area contributed by atoms with Crippen LogP contribution >= 0.6 is 23.8 Å². The second kappa shape index (κ2) is 7.80. The van der Waals surface area contributed by atoms with Crippen LogP contribution in [0.1, 0.15) is 10.4 Å². The molecule has 0 unspecified atom stereocenters. The Kier molecular flexibility index (Phi) is 5.78. The maximum absolute atomic E-state index is 12.1. The number of anilines is 1. The van der Waals surface area contributed by atoms with Gasteiger partial charge in [-0.3, -0.25) is 10.1 Å². The molecule has 0 aliphatic heterocycles. The van der Waals surface area contributed by atoms with Crippen molar-refractivity contribution < 1.29 is 14.3 Å². The van der Waals surface area contributed by atoms with Crippen molar-refractivity contribution in [3.05, 3.63) is 53.1 Å². The van der Waals surface area contributed by atoms with Gasteiger partial charge >= 0.3 is 0 Å². The molecule has 0 aliphatic carbocycles. The first kappa shape index (κ1) is 17.1. The number of ether oxygens (including phenoxy) is 2. The summed E-state index contributed by atoms with van der Waals surface area (Å²) in [6.45, 7) is 0. The third kappa shape index (κ3) is 4.58. The predicted molar refractivity (Wildman–Crippen MR) is 94.7 cm³/mol. The normalized spacial score (nSPS) is 9.87. The van der Waals surface area contributed by atoms with Gasteiger partial charge in [-0.2, -0.15) is 0 Å². The molecule has 0 bridgehead atoms. The number of hydrogen-bond donors (Lipinski definition) is 2. The Bertz CT molecular complexity index is 720. The first-order valence-electron chi connectivity index (χ1n) is 6.63. The molecule has 0 saturated heterocycles. The summed E-state index contributed by atoms with van der Waals surface area (Å²) in [5, 5.41) is 6.25. The standard InChI is InChI=1S/C16H15ClN2O3S/c1-21-13-8-7-12(9-14(13)22-2)18-16(23)19-15(20)10-3-5-11(17)6-4-10/h3-9H,1-2H3,(H2,18,19,20,23). The second-order valence-electron chi connectivity index (χ2n) is 4.48. The number of benzene rings is 2. The summed E-state index contributed by atoms with van der Waals surface area (Å²) in [6, 6.07) is 11.8. The summed E-state index contributed by atoms with van der Waals surface area (Å²) < 4.78 is 10.4. The van der Waals surface area contributed by atoms with Gasteiger partial charge in [-0.15, -0.1) is 0 Å². The molecule has 120 valence electrons. The van der Waals surface area contributed by atoms with Crippen LogP contribution in [0.3, 0.4) is 0 Å². The number of methoxy groups -OCH3 is 2. The molecule has 0 fully saturated rings. The summed E-state index contributed by atoms with van der Waals surface area (Å²) >= 11 is 10.9. The van der Waals surface area contributed by atoms with Crippen LogP contribution in [-0.4, -0.2) is 25.2 Å². The molecule has 0 heterocycles. The largest absolute Gasteiger partial charge is 0.493 e. The summed E-state index contributed by atoms with van der Waals surface area (Å²) in [5.74, 6) is 0.845. The van der Waals surface area contributed by atoms with Gasteiger partial charge < -0.3 is 14.8 Å². The number of carbonyl (C=O) groups is 1. The Balaban J connectivity index is 2.02. The molecule has 2 rings (SSSR count). The quantitative estimate of drug-likeness (QED) is 0.827. The molecule has 2 aromatic carbocycles. The van der Waals surface area contributed by atoms with Crippen LogP contribution in [0, 0.1) is 0 Å². The van der Waals surface area contributed by atoms with Gasteiger partial charge in [0.1, 0.15) is 0 Å². The minimum atomic E-state index is -0.320. The van der Waals surface area contributed by atoms with Crippen molar-refractivity contribution in [1.29, 1.82) is 0 Å². The first-order chi connectivity index (χ1) is 11.0. The summed E-state index contributed by atoms with van der Waals surface area (Å²) in [7, 11) is 3.10. The lowest BCUT2D eigenvalue weighted by Gasteiger charge is -2.12. The van der Waals surface area contributed by atoms with E-state index in [-0.39, 0.29) is 11.0 Å². The lowest BCUT2D eigenvalue weighted by atomic mass is 10.2. The predicted octanol–water partition coefficient (Wildman–Crippen LogP) is 3.48. The third-order valence-electron chi connectivity index (χ3n) is 2.97. The van der Waals surface area contributed by atoms with Gasteiger partial charge in [0.05, 0.1) is 14.2 Å². The highest BCUT2D eigenvalue weighted by molar-refractivity contribution is 7.80. The monoisotopic (exact) mass is 350 g/mol. The minimum Gasteiger partial charge on any atom is -0.493 e. The molecule has 2 N–H and O–H groups in total. The van der Waals surface area contributed by atoms with Crippen LogP contribution < -0.4 is 20.1 Å². The van der Waals surface area contributed by atoms with E-state index in [1.165, 1.54) is 0 Å². The Hall–Kier alpha value is -2.31. The van der Waals surface area contributed by atoms with E-state index in [1.54, 1.807) is 56.7 Å². The van der Waals surface area contributed by atoms with Gasteiger partial charge in [0.15, 0.2) is 16.6 Å². The molecule has 0 atom stereocenters. The van der Waals surface area contributed by atoms with E-state index < -0.39 is 0 Å². The van der Waals surface area contributed by atoms with E-state index >= 15 is 0 Å². The summed E-state index contributed by atoms with van der Waals surface area (Å²) in [5.41, 5.74) is 1.13. The van der Waals surface area contributed by atoms with Crippen LogP contribution in [0.5, 0.6) is 11.5 Å². The number of halogens is 1. The number of hydrogen-bond acceptors (Lipinski definition) is 4. The number of rotatable bonds is 4. The van der Waals surface area contributed by atoms with Crippen molar-refractivity contribution >= 4 is 40.5 Å². The average molecular weight is 351 g/mol. The average Bonchev–Trinajstić information content (AvgIpc) is 2.55. The Morgan fingerprint density at radius 3 is 2.30 bits per heavy atom. The number of amides is 1. The molecule has 0 radical (unpaired) electrons. The highest BCUT2D eigenvalue weighted by Gasteiger charge is 2.09. The Labute approximate surface area is 144 Å². The summed E-state index contributed by atoms with van der Waals surface area (Å²) in [6.07, 6.45) is 0. The lowest BCUT2D eigenvalue weighted by Crippen LogP contribution is -2.34. The number of thiocarbonyl (C=S) groups is 1. The topological polar surface area (TPSA) is 59.6 Å². The fraction of sp³-hybridized carbons (Fsp3) is 0.125. The van der Waals surface area contributed by atoms with Crippen LogP contribution in [0.25, 0.3) is 0 Å². The van der Waals surface area contributed by atoms with Gasteiger partial charge in [0.2, 0.25) is 0 Å². The fourth-order valence-corrected chi connectivity index (χ4v) is 2.19. The maximum atomic E-state index is 12.1. The number of nitrogens with one attached hydrogen (secondary N) is 2. The maximum Gasteiger partial charge on any atom is 0.257 e. The zero-order valence-electron chi connectivity index (χ0n) is 12.6. The zero-order chi connectivity index (χ0) is 16.8. The van der Waals surface area contributed by atoms with Crippen molar-refractivity contribution in [2.45, 2.75) is 0 Å². The van der Waals surface area contributed by atoms with Gasteiger partial charge in [-0.25, -0.2) is 0 Å². The smallest absolute Gasteiger partial charge is 0.257 e. The minimum absolute atomic E-state index is 0.178. The van der Waals surface area contributed by atoms with Crippen molar-refractivity contribution in [3.8, 4) is 11.5 Å². The van der Waals surface area contributed by atoms with Gasteiger partial charge in [-0.1, -0.05) is 11.6 Å². The van der Waals surface area contributed by atoms with Crippen molar-refractivity contribution in [1.82, 2.24) is 5.32 Å². The molecule has 0 spiro atoms. The van der Waals surface area contributed by atoms with E-state index in [0.717, 1.165) is 0 Å². The highest BCUT2D eigenvalue weighted by Crippen LogP contribution is 2.29. The van der Waals surface area contributed by atoms with Gasteiger partial charge in [-0.05, 0) is 48.6 Å². The van der Waals surface area contributed by atoms with Crippen LogP contribution in [-0.2, 0) is 0 Å². The summed E-state index contributed by atoms with van der Waals surface area (Å²) in [4.78, 5) is 12.1. The first-order valence-corrected chi connectivity index (χ1v) is 7.42. The van der Waals surface area contributed by atoms with E-state index in [9.17, 15) is 4.79 Å². The van der Waals surface area contributed by atoms with E-state index in [4.69, 9.17) is 33.3 Å². The van der Waals surface area contributed by atoms with Crippen molar-refractivity contribution in [3.63, 3.8) is 0 Å². The molecule has 0 aromatic heterocycles. The van der Waals surface area contributed by atoms with E-state index in [2.05, 4.69) is 10.6 Å². The lowest BCUT2D eigenvalue weighted by molar-refractivity contribution is 0.0978. The van der Waals surface area contributed by atoms with Crippen molar-refractivity contribution in [2.24, 2.45) is 0 Å². The zero-order valence-corrected chi connectivity index (χ0v) is 14.1. The van der Waals surface area contributed by atoms with Crippen LogP contribution in [0.15, 0.2) is 42.5 Å². The molecular formula is C16H15ClN2O3S. The van der Waals surface area contributed by atoms with Crippen LogP contribution in [0.4, 0.5) is 5.69 Å². The number of carbonyl (C=O) groups excluding carboxylic acids is 1. The second-order valence-corrected chi connectivity index (χ2v) is 5.33. The molecule has 7 heteroatoms. The van der Waals surface area contributed by atoms with Crippen LogP contribution in [0.2, 0.25) is 5.02 Å². The molecule has 23 heavy (non-hydrogen) atoms. The SMILES string of the molecule is COc1ccc(NC(=S)NC(=O)c2ccc(Cl)cc2)cc1OC. The van der Waals surface area contributed by atoms with Gasteiger partial charge in [0, 0.05) is 22.3 Å². The molecule has 1 amide bonds. The molecule has 5 nitrogen and oxygen atoms in total. The Morgan fingerprint density at radius 1 is 1.04 bits per heavy atom. The van der Waals surface area contributed by atoms with E-state index in [0.29, 0.717) is 27.8 Å². The Morgan fingerprint density at radius 2 is 1.70 bits per heavy atom. The molecular weight excluding hydrogens is 336 g/mol.